The Labute approximate surface area is 147 Å². The summed E-state index contributed by atoms with van der Waals surface area (Å²) in [5.41, 5.74) is 2.21. The van der Waals surface area contributed by atoms with Crippen LogP contribution in [0.3, 0.4) is 0 Å². The molecule has 0 atom stereocenters. The molecule has 0 saturated carbocycles. The van der Waals surface area contributed by atoms with Gasteiger partial charge in [-0.3, -0.25) is 9.91 Å². The molecule has 23 heavy (non-hydrogen) atoms. The number of nitrogens with zero attached hydrogens (tertiary/aromatic N) is 3. The molecule has 3 rings (SSSR count). The highest BCUT2D eigenvalue weighted by Crippen LogP contribution is 2.24. The van der Waals surface area contributed by atoms with Crippen LogP contribution in [0.15, 0.2) is 53.6 Å². The molecule has 0 amide bonds. The van der Waals surface area contributed by atoms with Crippen molar-refractivity contribution in [2.24, 2.45) is 5.10 Å². The van der Waals surface area contributed by atoms with Crippen LogP contribution in [0.1, 0.15) is 11.1 Å². The fraction of sp³-hybridized carbons (Fsp3) is 0.278. The Balaban J connectivity index is 1.53. The number of hydrazone groups is 1. The lowest BCUT2D eigenvalue weighted by molar-refractivity contribution is 0.131. The van der Waals surface area contributed by atoms with E-state index in [0.29, 0.717) is 10.0 Å². The summed E-state index contributed by atoms with van der Waals surface area (Å²) in [6.45, 7) is 4.85. The van der Waals surface area contributed by atoms with E-state index in [1.54, 1.807) is 12.3 Å². The SMILES string of the molecule is Clc1cccc(/C=N\N2CCN(Cc3ccccc3)CC2)c1Cl. The average Bonchev–Trinajstić information content (AvgIpc) is 2.58. The smallest absolute Gasteiger partial charge is 0.0680 e. The van der Waals surface area contributed by atoms with Gasteiger partial charge in [-0.05, 0) is 11.6 Å². The second-order valence-corrected chi connectivity index (χ2v) is 6.39. The molecule has 0 radical (unpaired) electrons. The van der Waals surface area contributed by atoms with Crippen LogP contribution < -0.4 is 0 Å². The van der Waals surface area contributed by atoms with Crippen LogP contribution >= 0.6 is 23.2 Å². The van der Waals surface area contributed by atoms with Gasteiger partial charge in [0.05, 0.1) is 16.3 Å². The number of piperazine rings is 1. The molecule has 1 fully saturated rings. The lowest BCUT2D eigenvalue weighted by Crippen LogP contribution is -2.43. The van der Waals surface area contributed by atoms with Crippen LogP contribution in [-0.2, 0) is 6.54 Å². The van der Waals surface area contributed by atoms with Gasteiger partial charge >= 0.3 is 0 Å². The third-order valence-electron chi connectivity index (χ3n) is 3.94. The Bertz CT molecular complexity index is 665. The molecule has 1 heterocycles. The van der Waals surface area contributed by atoms with Crippen molar-refractivity contribution in [1.29, 1.82) is 0 Å². The third kappa shape index (κ3) is 4.47. The van der Waals surface area contributed by atoms with Gasteiger partial charge in [0, 0.05) is 38.3 Å². The monoisotopic (exact) mass is 347 g/mol. The predicted molar refractivity (Wildman–Crippen MR) is 97.3 cm³/mol. The summed E-state index contributed by atoms with van der Waals surface area (Å²) in [5.74, 6) is 0. The lowest BCUT2D eigenvalue weighted by Gasteiger charge is -2.33. The van der Waals surface area contributed by atoms with Gasteiger partial charge in [-0.25, -0.2) is 0 Å². The molecule has 0 N–H and O–H groups in total. The maximum absolute atomic E-state index is 6.17. The Morgan fingerprint density at radius 2 is 1.65 bits per heavy atom. The standard InChI is InChI=1S/C18H19Cl2N3/c19-17-8-4-7-16(18(17)20)13-21-23-11-9-22(10-12-23)14-15-5-2-1-3-6-15/h1-8,13H,9-12,14H2/b21-13-. The molecule has 2 aromatic carbocycles. The second-order valence-electron chi connectivity index (χ2n) is 5.60. The van der Waals surface area contributed by atoms with Crippen molar-refractivity contribution in [1.82, 2.24) is 9.91 Å². The summed E-state index contributed by atoms with van der Waals surface area (Å²) < 4.78 is 0. The zero-order chi connectivity index (χ0) is 16.1. The fourth-order valence-corrected chi connectivity index (χ4v) is 2.97. The van der Waals surface area contributed by atoms with Crippen LogP contribution in [0.5, 0.6) is 0 Å². The maximum Gasteiger partial charge on any atom is 0.0680 e. The first-order valence-electron chi connectivity index (χ1n) is 7.71. The maximum atomic E-state index is 6.17. The van der Waals surface area contributed by atoms with Gasteiger partial charge in [0.1, 0.15) is 0 Å². The summed E-state index contributed by atoms with van der Waals surface area (Å²) in [6, 6.07) is 16.2. The molecule has 0 aliphatic carbocycles. The minimum absolute atomic E-state index is 0.556. The molecular weight excluding hydrogens is 329 g/mol. The third-order valence-corrected chi connectivity index (χ3v) is 4.77. The lowest BCUT2D eigenvalue weighted by atomic mass is 10.2. The topological polar surface area (TPSA) is 18.8 Å². The molecule has 0 unspecified atom stereocenters. The van der Waals surface area contributed by atoms with Crippen LogP contribution in [0.25, 0.3) is 0 Å². The van der Waals surface area contributed by atoms with Gasteiger partial charge in [0.25, 0.3) is 0 Å². The van der Waals surface area contributed by atoms with E-state index >= 15 is 0 Å². The first-order chi connectivity index (χ1) is 11.2. The largest absolute Gasteiger partial charge is 0.295 e. The molecule has 1 aliphatic rings. The highest BCUT2D eigenvalue weighted by atomic mass is 35.5. The molecule has 2 aromatic rings. The highest BCUT2D eigenvalue weighted by Gasteiger charge is 2.15. The van der Waals surface area contributed by atoms with Crippen molar-refractivity contribution >= 4 is 29.4 Å². The van der Waals surface area contributed by atoms with Gasteiger partial charge < -0.3 is 0 Å². The molecule has 0 bridgehead atoms. The van der Waals surface area contributed by atoms with E-state index in [1.807, 2.05) is 12.1 Å². The minimum atomic E-state index is 0.556. The number of hydrogen-bond donors (Lipinski definition) is 0. The van der Waals surface area contributed by atoms with E-state index in [9.17, 15) is 0 Å². The summed E-state index contributed by atoms with van der Waals surface area (Å²) >= 11 is 12.2. The molecule has 0 aromatic heterocycles. The minimum Gasteiger partial charge on any atom is -0.295 e. The molecular formula is C18H19Cl2N3. The van der Waals surface area contributed by atoms with E-state index < -0.39 is 0 Å². The molecule has 1 aliphatic heterocycles. The van der Waals surface area contributed by atoms with Crippen LogP contribution in [0, 0.1) is 0 Å². The van der Waals surface area contributed by atoms with Crippen molar-refractivity contribution in [3.05, 3.63) is 69.7 Å². The normalized spacial score (nSPS) is 16.2. The number of rotatable bonds is 4. The molecule has 3 nitrogen and oxygen atoms in total. The van der Waals surface area contributed by atoms with Gasteiger partial charge in [-0.15, -0.1) is 0 Å². The predicted octanol–water partition coefficient (Wildman–Crippen LogP) is 4.15. The highest BCUT2D eigenvalue weighted by molar-refractivity contribution is 6.43. The van der Waals surface area contributed by atoms with Crippen molar-refractivity contribution < 1.29 is 0 Å². The Kier molecular flexibility index (Phi) is 5.55. The number of hydrogen-bond acceptors (Lipinski definition) is 3. The van der Waals surface area contributed by atoms with Crippen molar-refractivity contribution in [2.75, 3.05) is 26.2 Å². The summed E-state index contributed by atoms with van der Waals surface area (Å²) in [7, 11) is 0. The van der Waals surface area contributed by atoms with Crippen molar-refractivity contribution in [3.8, 4) is 0 Å². The molecule has 120 valence electrons. The van der Waals surface area contributed by atoms with E-state index in [0.717, 1.165) is 38.3 Å². The first-order valence-corrected chi connectivity index (χ1v) is 8.47. The van der Waals surface area contributed by atoms with E-state index in [-0.39, 0.29) is 0 Å². The molecule has 5 heteroatoms. The van der Waals surface area contributed by atoms with Crippen molar-refractivity contribution in [3.63, 3.8) is 0 Å². The number of halogens is 2. The van der Waals surface area contributed by atoms with E-state index in [4.69, 9.17) is 23.2 Å². The van der Waals surface area contributed by atoms with Crippen molar-refractivity contribution in [2.45, 2.75) is 6.54 Å². The van der Waals surface area contributed by atoms with Crippen LogP contribution in [-0.4, -0.2) is 42.3 Å². The molecule has 1 saturated heterocycles. The Morgan fingerprint density at radius 1 is 0.913 bits per heavy atom. The summed E-state index contributed by atoms with van der Waals surface area (Å²) in [5, 5.41) is 7.73. The fourth-order valence-electron chi connectivity index (χ4n) is 2.62. The summed E-state index contributed by atoms with van der Waals surface area (Å²) in [4.78, 5) is 2.45. The Hall–Kier alpha value is -1.55. The van der Waals surface area contributed by atoms with Crippen LogP contribution in [0.4, 0.5) is 0 Å². The van der Waals surface area contributed by atoms with Gasteiger partial charge in [-0.2, -0.15) is 5.10 Å². The zero-order valence-corrected chi connectivity index (χ0v) is 14.3. The van der Waals surface area contributed by atoms with Gasteiger partial charge in [0.15, 0.2) is 0 Å². The average molecular weight is 348 g/mol. The number of benzene rings is 2. The second kappa shape index (κ2) is 7.82. The quantitative estimate of drug-likeness (QED) is 0.773. The van der Waals surface area contributed by atoms with E-state index in [1.165, 1.54) is 5.56 Å². The van der Waals surface area contributed by atoms with E-state index in [2.05, 4.69) is 45.3 Å². The molecule has 0 spiro atoms. The Morgan fingerprint density at radius 3 is 2.39 bits per heavy atom. The zero-order valence-electron chi connectivity index (χ0n) is 12.8. The van der Waals surface area contributed by atoms with Crippen LogP contribution in [0.2, 0.25) is 10.0 Å². The first kappa shape index (κ1) is 16.3. The van der Waals surface area contributed by atoms with Gasteiger partial charge in [0.2, 0.25) is 0 Å². The van der Waals surface area contributed by atoms with Gasteiger partial charge in [-0.1, -0.05) is 65.7 Å². The summed E-state index contributed by atoms with van der Waals surface area (Å²) in [6.07, 6.45) is 1.79.